The highest BCUT2D eigenvalue weighted by atomic mass is 35.5. The molecule has 17 heavy (non-hydrogen) atoms. The molecule has 0 fully saturated rings. The summed E-state index contributed by atoms with van der Waals surface area (Å²) < 4.78 is 5.37. The number of hydrogen-bond acceptors (Lipinski definition) is 3. The van der Waals surface area contributed by atoms with Crippen LogP contribution in [0.4, 0.5) is 0 Å². The molecule has 5 heteroatoms. The van der Waals surface area contributed by atoms with Gasteiger partial charge in [-0.25, -0.2) is 0 Å². The Morgan fingerprint density at radius 2 is 2.35 bits per heavy atom. The molecule has 0 atom stereocenters. The first-order valence-corrected chi connectivity index (χ1v) is 5.98. The summed E-state index contributed by atoms with van der Waals surface area (Å²) in [5, 5.41) is 3.15. The van der Waals surface area contributed by atoms with Crippen LogP contribution in [-0.2, 0) is 4.74 Å². The lowest BCUT2D eigenvalue weighted by molar-refractivity contribution is 0.0757. The second-order valence-electron chi connectivity index (χ2n) is 3.88. The van der Waals surface area contributed by atoms with Gasteiger partial charge < -0.3 is 10.1 Å². The number of ether oxygens (including phenoxy) is 1. The largest absolute Gasteiger partial charge is 0.379 e. The topological polar surface area (TPSA) is 51.2 Å². The molecule has 94 valence electrons. The molecule has 0 aromatic carbocycles. The number of carbonyl (C=O) groups is 1. The second kappa shape index (κ2) is 7.25. The summed E-state index contributed by atoms with van der Waals surface area (Å²) in [5.74, 6) is -0.179. The van der Waals surface area contributed by atoms with Crippen molar-refractivity contribution in [3.63, 3.8) is 0 Å². The number of nitrogens with one attached hydrogen (secondary N) is 1. The molecule has 0 saturated carbocycles. The molecule has 0 saturated heterocycles. The maximum absolute atomic E-state index is 11.7. The molecule has 4 nitrogen and oxygen atoms in total. The maximum Gasteiger partial charge on any atom is 0.252 e. The van der Waals surface area contributed by atoms with E-state index in [4.69, 9.17) is 16.3 Å². The lowest BCUT2D eigenvalue weighted by Crippen LogP contribution is -2.25. The van der Waals surface area contributed by atoms with Crippen molar-refractivity contribution < 1.29 is 9.53 Å². The van der Waals surface area contributed by atoms with Crippen LogP contribution in [0.1, 0.15) is 30.6 Å². The molecule has 1 N–H and O–H groups in total. The predicted octanol–water partition coefficient (Wildman–Crippen LogP) is 2.28. The van der Waals surface area contributed by atoms with Crippen molar-refractivity contribution in [3.05, 3.63) is 29.0 Å². The zero-order valence-corrected chi connectivity index (χ0v) is 10.8. The Kier molecular flexibility index (Phi) is 5.94. The van der Waals surface area contributed by atoms with Crippen LogP contribution in [0.2, 0.25) is 5.02 Å². The highest BCUT2D eigenvalue weighted by Gasteiger charge is 2.08. The van der Waals surface area contributed by atoms with E-state index in [1.54, 1.807) is 12.3 Å². The minimum absolute atomic E-state index is 0.179. The first-order valence-electron chi connectivity index (χ1n) is 5.60. The van der Waals surface area contributed by atoms with Crippen LogP contribution in [-0.4, -0.2) is 30.1 Å². The van der Waals surface area contributed by atoms with Crippen LogP contribution < -0.4 is 5.32 Å². The lowest BCUT2D eigenvalue weighted by Gasteiger charge is -2.08. The number of aromatic nitrogens is 1. The van der Waals surface area contributed by atoms with Crippen molar-refractivity contribution in [2.24, 2.45) is 0 Å². The molecule has 0 aliphatic heterocycles. The van der Waals surface area contributed by atoms with Crippen LogP contribution in [0.25, 0.3) is 0 Å². The van der Waals surface area contributed by atoms with E-state index >= 15 is 0 Å². The van der Waals surface area contributed by atoms with Crippen LogP contribution in [0.15, 0.2) is 18.5 Å². The third-order valence-corrected chi connectivity index (χ3v) is 2.38. The Balaban J connectivity index is 2.29. The van der Waals surface area contributed by atoms with Crippen LogP contribution in [0.3, 0.4) is 0 Å². The van der Waals surface area contributed by atoms with Gasteiger partial charge in [0.15, 0.2) is 0 Å². The molecule has 1 rings (SSSR count). The fraction of sp³-hybridized carbons (Fsp3) is 0.500. The van der Waals surface area contributed by atoms with E-state index in [1.165, 1.54) is 6.20 Å². The molecule has 1 heterocycles. The zero-order valence-electron chi connectivity index (χ0n) is 10.1. The molecule has 0 bridgehead atoms. The van der Waals surface area contributed by atoms with E-state index < -0.39 is 0 Å². The fourth-order valence-corrected chi connectivity index (χ4v) is 1.45. The van der Waals surface area contributed by atoms with Crippen LogP contribution >= 0.6 is 11.6 Å². The Bertz CT molecular complexity index is 369. The number of pyridine rings is 1. The fourth-order valence-electron chi connectivity index (χ4n) is 1.25. The molecule has 0 radical (unpaired) electrons. The summed E-state index contributed by atoms with van der Waals surface area (Å²) in [6.07, 6.45) is 4.01. The van der Waals surface area contributed by atoms with Crippen LogP contribution in [0.5, 0.6) is 0 Å². The molecule has 0 spiro atoms. The van der Waals surface area contributed by atoms with Gasteiger partial charge in [0.1, 0.15) is 0 Å². The minimum Gasteiger partial charge on any atom is -0.379 e. The molecule has 1 aromatic heterocycles. The second-order valence-corrected chi connectivity index (χ2v) is 4.29. The van der Waals surface area contributed by atoms with Gasteiger partial charge in [-0.05, 0) is 26.3 Å². The Hall–Kier alpha value is -1.13. The molecular formula is C12H17ClN2O2. The van der Waals surface area contributed by atoms with Crippen molar-refractivity contribution in [3.8, 4) is 0 Å². The van der Waals surface area contributed by atoms with E-state index in [0.717, 1.165) is 6.42 Å². The normalized spacial score (nSPS) is 10.6. The molecule has 0 unspecified atom stereocenters. The Morgan fingerprint density at radius 1 is 1.59 bits per heavy atom. The van der Waals surface area contributed by atoms with Gasteiger partial charge in [0.2, 0.25) is 0 Å². The third-order valence-electron chi connectivity index (χ3n) is 2.07. The van der Waals surface area contributed by atoms with E-state index in [2.05, 4.69) is 10.3 Å². The molecule has 0 aliphatic carbocycles. The number of carbonyl (C=O) groups excluding carboxylic acids is 1. The van der Waals surface area contributed by atoms with Gasteiger partial charge in [0.25, 0.3) is 5.91 Å². The van der Waals surface area contributed by atoms with E-state index in [-0.39, 0.29) is 12.0 Å². The summed E-state index contributed by atoms with van der Waals surface area (Å²) in [6, 6.07) is 1.60. The Labute approximate surface area is 106 Å². The summed E-state index contributed by atoms with van der Waals surface area (Å²) in [7, 11) is 0. The van der Waals surface area contributed by atoms with Gasteiger partial charge in [-0.3, -0.25) is 9.78 Å². The average Bonchev–Trinajstić information content (AvgIpc) is 2.28. The summed E-state index contributed by atoms with van der Waals surface area (Å²) in [5.41, 5.74) is 0.450. The summed E-state index contributed by atoms with van der Waals surface area (Å²) in [6.45, 7) is 5.18. The van der Waals surface area contributed by atoms with Crippen molar-refractivity contribution in [1.82, 2.24) is 10.3 Å². The maximum atomic E-state index is 11.7. The SMILES string of the molecule is CC(C)OCCCNC(=O)c1ccncc1Cl. The minimum atomic E-state index is -0.179. The third kappa shape index (κ3) is 5.15. The Morgan fingerprint density at radius 3 is 3.00 bits per heavy atom. The van der Waals surface area contributed by atoms with Gasteiger partial charge in [-0.2, -0.15) is 0 Å². The van der Waals surface area contributed by atoms with Gasteiger partial charge >= 0.3 is 0 Å². The van der Waals surface area contributed by atoms with Gasteiger partial charge in [0.05, 0.1) is 16.7 Å². The molecule has 1 aromatic rings. The number of halogens is 1. The van der Waals surface area contributed by atoms with Gasteiger partial charge in [-0.15, -0.1) is 0 Å². The average molecular weight is 257 g/mol. The number of hydrogen-bond donors (Lipinski definition) is 1. The monoisotopic (exact) mass is 256 g/mol. The molecule has 1 amide bonds. The molecule has 0 aliphatic rings. The van der Waals surface area contributed by atoms with E-state index in [9.17, 15) is 4.79 Å². The summed E-state index contributed by atoms with van der Waals surface area (Å²) in [4.78, 5) is 15.5. The summed E-state index contributed by atoms with van der Waals surface area (Å²) >= 11 is 5.85. The number of rotatable bonds is 6. The van der Waals surface area contributed by atoms with Gasteiger partial charge in [0, 0.05) is 25.5 Å². The number of amides is 1. The first-order chi connectivity index (χ1) is 8.11. The van der Waals surface area contributed by atoms with Crippen molar-refractivity contribution in [2.75, 3.05) is 13.2 Å². The van der Waals surface area contributed by atoms with Crippen molar-refractivity contribution >= 4 is 17.5 Å². The standard InChI is InChI=1S/C12H17ClN2O2/c1-9(2)17-7-3-5-15-12(16)10-4-6-14-8-11(10)13/h4,6,8-9H,3,5,7H2,1-2H3,(H,15,16). The van der Waals surface area contributed by atoms with E-state index in [1.807, 2.05) is 13.8 Å². The highest BCUT2D eigenvalue weighted by Crippen LogP contribution is 2.12. The molecular weight excluding hydrogens is 240 g/mol. The van der Waals surface area contributed by atoms with E-state index in [0.29, 0.717) is 23.7 Å². The smallest absolute Gasteiger partial charge is 0.252 e. The first kappa shape index (κ1) is 13.9. The quantitative estimate of drug-likeness (QED) is 0.795. The number of nitrogens with zero attached hydrogens (tertiary/aromatic N) is 1. The van der Waals surface area contributed by atoms with Crippen molar-refractivity contribution in [1.29, 1.82) is 0 Å². The van der Waals surface area contributed by atoms with Crippen LogP contribution in [0, 0.1) is 0 Å². The highest BCUT2D eigenvalue weighted by molar-refractivity contribution is 6.33. The van der Waals surface area contributed by atoms with Crippen molar-refractivity contribution in [2.45, 2.75) is 26.4 Å². The lowest BCUT2D eigenvalue weighted by atomic mass is 10.2. The zero-order chi connectivity index (χ0) is 12.7. The van der Waals surface area contributed by atoms with Gasteiger partial charge in [-0.1, -0.05) is 11.6 Å². The predicted molar refractivity (Wildman–Crippen MR) is 67.3 cm³/mol.